The second-order valence-corrected chi connectivity index (χ2v) is 14.6. The molecule has 0 fully saturated rings. The van der Waals surface area contributed by atoms with Gasteiger partial charge in [-0.05, 0) is 38.8 Å². The minimum atomic E-state index is -0.995. The molecule has 0 aliphatic heterocycles. The molecule has 2 N–H and O–H groups in total. The molecule has 0 radical (unpaired) electrons. The fourth-order valence-corrected chi connectivity index (χ4v) is 6.02. The van der Waals surface area contributed by atoms with E-state index in [0.29, 0.717) is 0 Å². The van der Waals surface area contributed by atoms with Crippen molar-refractivity contribution in [2.24, 2.45) is 0 Å². The fourth-order valence-electron chi connectivity index (χ4n) is 6.02. The summed E-state index contributed by atoms with van der Waals surface area (Å²) in [5.74, 6) is -1.99. The summed E-state index contributed by atoms with van der Waals surface area (Å²) in [6.07, 6.45) is 46.7. The zero-order chi connectivity index (χ0) is 37.4. The quantitative estimate of drug-likeness (QED) is 0.0678. The summed E-state index contributed by atoms with van der Waals surface area (Å²) < 4.78 is 0. The summed E-state index contributed by atoms with van der Waals surface area (Å²) >= 11 is 0. The average molecular weight is 757 g/mol. The van der Waals surface area contributed by atoms with Gasteiger partial charge in [0.2, 0.25) is 0 Å². The summed E-state index contributed by atoms with van der Waals surface area (Å²) in [7, 11) is 0. The zero-order valence-corrected chi connectivity index (χ0v) is 40.5. The van der Waals surface area contributed by atoms with Crippen LogP contribution in [0.4, 0.5) is 0 Å². The Morgan fingerprint density at radius 2 is 0.462 bits per heavy atom. The molecule has 0 aromatic rings. The third-order valence-electron chi connectivity index (χ3n) is 9.47. The van der Waals surface area contributed by atoms with Crippen molar-refractivity contribution in [3.63, 3.8) is 0 Å². The van der Waals surface area contributed by atoms with Gasteiger partial charge >= 0.3 is 59.1 Å². The van der Waals surface area contributed by atoms with Gasteiger partial charge in [-0.1, -0.05) is 220 Å². The van der Waals surface area contributed by atoms with Crippen LogP contribution in [0.25, 0.3) is 0 Å². The summed E-state index contributed by atoms with van der Waals surface area (Å²) in [4.78, 5) is 18.5. The van der Waals surface area contributed by atoms with Crippen molar-refractivity contribution in [2.75, 3.05) is 26.2 Å². The number of rotatable bonds is 39. The number of carboxylic acids is 2. The van der Waals surface area contributed by atoms with E-state index in [9.17, 15) is 19.8 Å². The Labute approximate surface area is 370 Å². The van der Waals surface area contributed by atoms with Crippen molar-refractivity contribution in [3.05, 3.63) is 0 Å². The summed E-state index contributed by atoms with van der Waals surface area (Å²) in [6.45, 7) is 12.4. The zero-order valence-electron chi connectivity index (χ0n) is 36.5. The maximum atomic E-state index is 9.26. The molecule has 0 heterocycles. The second-order valence-electron chi connectivity index (χ2n) is 14.6. The van der Waals surface area contributed by atoms with Gasteiger partial charge in [-0.25, -0.2) is 0 Å². The Morgan fingerprint density at radius 1 is 0.308 bits per heavy atom. The Bertz CT molecular complexity index is 577. The van der Waals surface area contributed by atoms with E-state index >= 15 is 0 Å². The number of carboxylic acid groups (broad SMARTS) is 2. The van der Waals surface area contributed by atoms with E-state index in [4.69, 9.17) is 0 Å². The first kappa shape index (κ1) is 62.1. The number of aliphatic carboxylic acids is 2. The Balaban J connectivity index is -0.000000536. The SMILES string of the molecule is CCC(=O)[O-].CCC(=O)[O-].CCCCCCCCCCCCCCCCCCNCCNCCCCCCCCCCCCCCCCCC.[Na+].[Na+]. The van der Waals surface area contributed by atoms with Gasteiger partial charge in [0.05, 0.1) is 0 Å². The number of carbonyl (C=O) groups excluding carboxylic acids is 2. The summed E-state index contributed by atoms with van der Waals surface area (Å²) in [5.41, 5.74) is 0. The van der Waals surface area contributed by atoms with Crippen LogP contribution in [-0.2, 0) is 9.59 Å². The van der Waals surface area contributed by atoms with Gasteiger partial charge in [0.1, 0.15) is 0 Å². The van der Waals surface area contributed by atoms with Crippen LogP contribution < -0.4 is 80.0 Å². The van der Waals surface area contributed by atoms with Crippen LogP contribution in [-0.4, -0.2) is 38.1 Å². The molecule has 0 aliphatic carbocycles. The van der Waals surface area contributed by atoms with Gasteiger partial charge < -0.3 is 30.4 Å². The molecule has 0 spiro atoms. The molecular weight excluding hydrogens is 666 g/mol. The Morgan fingerprint density at radius 3 is 0.615 bits per heavy atom. The topological polar surface area (TPSA) is 104 Å². The minimum Gasteiger partial charge on any atom is -0.550 e. The van der Waals surface area contributed by atoms with Crippen LogP contribution in [0, 0.1) is 0 Å². The predicted molar refractivity (Wildman–Crippen MR) is 215 cm³/mol. The van der Waals surface area contributed by atoms with E-state index in [1.807, 2.05) is 0 Å². The number of hydrogen-bond donors (Lipinski definition) is 2. The molecule has 302 valence electrons. The van der Waals surface area contributed by atoms with Crippen molar-refractivity contribution in [3.8, 4) is 0 Å². The molecule has 0 saturated heterocycles. The average Bonchev–Trinajstić information content (AvgIpc) is 3.12. The van der Waals surface area contributed by atoms with Crippen LogP contribution in [0.15, 0.2) is 0 Å². The van der Waals surface area contributed by atoms with Gasteiger partial charge in [0.25, 0.3) is 0 Å². The molecule has 0 atom stereocenters. The van der Waals surface area contributed by atoms with Crippen molar-refractivity contribution < 1.29 is 78.9 Å². The molecule has 0 unspecified atom stereocenters. The number of carbonyl (C=O) groups is 2. The number of unbranched alkanes of at least 4 members (excludes halogenated alkanes) is 30. The molecule has 0 amide bonds. The van der Waals surface area contributed by atoms with Crippen molar-refractivity contribution in [2.45, 2.75) is 246 Å². The molecular formula is C44H90N2Na2O4. The van der Waals surface area contributed by atoms with Crippen LogP contribution >= 0.6 is 0 Å². The van der Waals surface area contributed by atoms with E-state index in [1.165, 1.54) is 232 Å². The van der Waals surface area contributed by atoms with Crippen LogP contribution in [0.2, 0.25) is 0 Å². The van der Waals surface area contributed by atoms with Crippen LogP contribution in [0.5, 0.6) is 0 Å². The number of nitrogens with one attached hydrogen (secondary N) is 2. The third-order valence-corrected chi connectivity index (χ3v) is 9.47. The molecule has 0 saturated carbocycles. The molecule has 0 rings (SSSR count). The van der Waals surface area contributed by atoms with Gasteiger partial charge in [-0.2, -0.15) is 0 Å². The maximum absolute atomic E-state index is 9.26. The van der Waals surface area contributed by atoms with E-state index in [1.54, 1.807) is 0 Å². The first-order chi connectivity index (χ1) is 24.5. The maximum Gasteiger partial charge on any atom is 1.00 e. The van der Waals surface area contributed by atoms with Gasteiger partial charge in [0, 0.05) is 25.0 Å². The van der Waals surface area contributed by atoms with E-state index in [2.05, 4.69) is 24.5 Å². The molecule has 0 bridgehead atoms. The second kappa shape index (κ2) is 61.1. The molecule has 8 heteroatoms. The Hall–Kier alpha value is 0.860. The molecule has 0 aliphatic rings. The largest absolute Gasteiger partial charge is 1.00 e. The fraction of sp³-hybridized carbons (Fsp3) is 0.955. The third kappa shape index (κ3) is 72.2. The van der Waals surface area contributed by atoms with E-state index in [0.717, 1.165) is 13.1 Å². The van der Waals surface area contributed by atoms with E-state index in [-0.39, 0.29) is 72.0 Å². The van der Waals surface area contributed by atoms with Crippen molar-refractivity contribution in [1.82, 2.24) is 10.6 Å². The Kier molecular flexibility index (Phi) is 72.9. The van der Waals surface area contributed by atoms with E-state index < -0.39 is 11.9 Å². The molecule has 0 aromatic heterocycles. The predicted octanol–water partition coefficient (Wildman–Crippen LogP) is 4.99. The summed E-state index contributed by atoms with van der Waals surface area (Å²) in [5, 5.41) is 25.8. The van der Waals surface area contributed by atoms with Gasteiger partial charge in [0.15, 0.2) is 0 Å². The van der Waals surface area contributed by atoms with Gasteiger partial charge in [-0.15, -0.1) is 0 Å². The monoisotopic (exact) mass is 757 g/mol. The smallest absolute Gasteiger partial charge is 0.550 e. The normalized spacial score (nSPS) is 10.3. The standard InChI is InChI=1S/C38H80N2.2C3H6O2.2Na/c1-3-5-7-9-11-13-15-17-19-21-23-25-27-29-31-33-35-39-37-38-40-36-34-32-30-28-26-24-22-20-18-16-14-12-10-8-6-4-2;2*1-2-3(4)5;;/h39-40H,3-38H2,1-2H3;2*2H2,1H3,(H,4,5);;/q;;;2*+1/p-2. The van der Waals surface area contributed by atoms with Crippen LogP contribution in [0.3, 0.4) is 0 Å². The number of hydrogen-bond acceptors (Lipinski definition) is 6. The molecule has 0 aromatic carbocycles. The van der Waals surface area contributed by atoms with Crippen LogP contribution in [0.1, 0.15) is 246 Å². The first-order valence-corrected chi connectivity index (χ1v) is 22.3. The van der Waals surface area contributed by atoms with Crippen molar-refractivity contribution in [1.29, 1.82) is 0 Å². The molecule has 6 nitrogen and oxygen atoms in total. The molecule has 52 heavy (non-hydrogen) atoms. The minimum absolute atomic E-state index is 0. The summed E-state index contributed by atoms with van der Waals surface area (Å²) in [6, 6.07) is 0. The van der Waals surface area contributed by atoms with Gasteiger partial charge in [-0.3, -0.25) is 0 Å². The van der Waals surface area contributed by atoms with Crippen molar-refractivity contribution >= 4 is 11.9 Å². The first-order valence-electron chi connectivity index (χ1n) is 22.3.